The summed E-state index contributed by atoms with van der Waals surface area (Å²) >= 11 is 3.34. The predicted octanol–water partition coefficient (Wildman–Crippen LogP) is 4.71. The fraction of sp³-hybridized carbons (Fsp3) is 0.158. The molecule has 1 aromatic carbocycles. The molecule has 0 amide bonds. The van der Waals surface area contributed by atoms with Gasteiger partial charge in [-0.25, -0.2) is 9.97 Å². The second kappa shape index (κ2) is 8.48. The van der Waals surface area contributed by atoms with Crippen molar-refractivity contribution in [1.82, 2.24) is 9.97 Å². The molecule has 0 saturated heterocycles. The van der Waals surface area contributed by atoms with E-state index in [0.29, 0.717) is 12.5 Å². The number of pyridine rings is 2. The van der Waals surface area contributed by atoms with Crippen molar-refractivity contribution in [3.8, 4) is 11.6 Å². The van der Waals surface area contributed by atoms with Crippen molar-refractivity contribution in [3.63, 3.8) is 0 Å². The van der Waals surface area contributed by atoms with Crippen LogP contribution in [0.25, 0.3) is 10.9 Å². The zero-order valence-corrected chi connectivity index (χ0v) is 15.4. The van der Waals surface area contributed by atoms with E-state index in [-0.39, 0.29) is 0 Å². The molecule has 0 unspecified atom stereocenters. The van der Waals surface area contributed by atoms with E-state index in [2.05, 4.69) is 31.2 Å². The summed E-state index contributed by atoms with van der Waals surface area (Å²) in [5.74, 6) is 2.16. The van der Waals surface area contributed by atoms with E-state index in [9.17, 15) is 0 Å². The summed E-state index contributed by atoms with van der Waals surface area (Å²) in [5.41, 5.74) is 1.75. The molecule has 128 valence electrons. The number of benzene rings is 1. The van der Waals surface area contributed by atoms with Crippen molar-refractivity contribution in [2.75, 3.05) is 24.4 Å². The first-order valence-electron chi connectivity index (χ1n) is 7.80. The number of anilines is 2. The SMILES string of the molecule is COc1ccc(Nc2ccc3cc(OC/C=C/CBr)ccc3n2)cn1. The van der Waals surface area contributed by atoms with Crippen molar-refractivity contribution in [3.05, 3.63) is 60.8 Å². The highest BCUT2D eigenvalue weighted by atomic mass is 79.9. The lowest BCUT2D eigenvalue weighted by Gasteiger charge is -2.08. The normalized spacial score (nSPS) is 11.0. The van der Waals surface area contributed by atoms with Gasteiger partial charge in [-0.2, -0.15) is 0 Å². The van der Waals surface area contributed by atoms with Gasteiger partial charge in [0.1, 0.15) is 18.2 Å². The number of hydrogen-bond acceptors (Lipinski definition) is 5. The Kier molecular flexibility index (Phi) is 5.85. The monoisotopic (exact) mass is 399 g/mol. The lowest BCUT2D eigenvalue weighted by Crippen LogP contribution is -1.96. The topological polar surface area (TPSA) is 56.3 Å². The van der Waals surface area contributed by atoms with E-state index in [4.69, 9.17) is 9.47 Å². The Balaban J connectivity index is 1.72. The van der Waals surface area contributed by atoms with Gasteiger partial charge < -0.3 is 14.8 Å². The van der Waals surface area contributed by atoms with E-state index >= 15 is 0 Å². The third-order valence-electron chi connectivity index (χ3n) is 3.48. The van der Waals surface area contributed by atoms with E-state index < -0.39 is 0 Å². The summed E-state index contributed by atoms with van der Waals surface area (Å²) in [7, 11) is 1.59. The Morgan fingerprint density at radius 3 is 2.80 bits per heavy atom. The standard InChI is InChI=1S/C19H18BrN3O2/c1-24-19-9-5-15(13-21-19)22-18-8-4-14-12-16(6-7-17(14)23-18)25-11-3-2-10-20/h2-9,12-13H,10-11H2,1H3,(H,22,23)/b3-2+. The zero-order valence-electron chi connectivity index (χ0n) is 13.8. The van der Waals surface area contributed by atoms with Gasteiger partial charge in [0.25, 0.3) is 0 Å². The number of allylic oxidation sites excluding steroid dienone is 1. The highest BCUT2D eigenvalue weighted by Crippen LogP contribution is 2.23. The van der Waals surface area contributed by atoms with Crippen molar-refractivity contribution >= 4 is 38.3 Å². The number of nitrogens with zero attached hydrogens (tertiary/aromatic N) is 2. The summed E-state index contributed by atoms with van der Waals surface area (Å²) in [4.78, 5) is 8.79. The van der Waals surface area contributed by atoms with Crippen molar-refractivity contribution < 1.29 is 9.47 Å². The van der Waals surface area contributed by atoms with Gasteiger partial charge in [-0.1, -0.05) is 28.1 Å². The van der Waals surface area contributed by atoms with E-state index in [0.717, 1.165) is 33.5 Å². The molecule has 3 aromatic rings. The van der Waals surface area contributed by atoms with Gasteiger partial charge in [-0.05, 0) is 36.4 Å². The fourth-order valence-electron chi connectivity index (χ4n) is 2.26. The Morgan fingerprint density at radius 2 is 2.04 bits per heavy atom. The Morgan fingerprint density at radius 1 is 1.12 bits per heavy atom. The van der Waals surface area contributed by atoms with Crippen molar-refractivity contribution in [2.45, 2.75) is 0 Å². The molecule has 2 heterocycles. The van der Waals surface area contributed by atoms with Crippen LogP contribution in [0, 0.1) is 0 Å². The van der Waals surface area contributed by atoms with E-state index in [1.54, 1.807) is 19.4 Å². The van der Waals surface area contributed by atoms with Gasteiger partial charge in [0.2, 0.25) is 5.88 Å². The van der Waals surface area contributed by atoms with Gasteiger partial charge in [0.15, 0.2) is 0 Å². The summed E-state index contributed by atoms with van der Waals surface area (Å²) in [5, 5.41) is 5.10. The van der Waals surface area contributed by atoms with E-state index in [1.807, 2.05) is 48.6 Å². The van der Waals surface area contributed by atoms with Crippen LogP contribution in [-0.2, 0) is 0 Å². The number of rotatable bonds is 7. The van der Waals surface area contributed by atoms with Crippen LogP contribution < -0.4 is 14.8 Å². The quantitative estimate of drug-likeness (QED) is 0.460. The van der Waals surface area contributed by atoms with Crippen LogP contribution in [0.15, 0.2) is 60.8 Å². The maximum atomic E-state index is 5.69. The summed E-state index contributed by atoms with van der Waals surface area (Å²) < 4.78 is 10.7. The lowest BCUT2D eigenvalue weighted by molar-refractivity contribution is 0.363. The molecular formula is C19H18BrN3O2. The number of alkyl halides is 1. The molecule has 2 aromatic heterocycles. The minimum absolute atomic E-state index is 0.550. The number of hydrogen-bond donors (Lipinski definition) is 1. The van der Waals surface area contributed by atoms with Gasteiger partial charge in [-0.3, -0.25) is 0 Å². The highest BCUT2D eigenvalue weighted by Gasteiger charge is 2.02. The molecule has 1 N–H and O–H groups in total. The molecule has 5 nitrogen and oxygen atoms in total. The molecule has 0 saturated carbocycles. The summed E-state index contributed by atoms with van der Waals surface area (Å²) in [6.45, 7) is 0.550. The number of fused-ring (bicyclic) bond motifs is 1. The predicted molar refractivity (Wildman–Crippen MR) is 104 cm³/mol. The van der Waals surface area contributed by atoms with Crippen LogP contribution >= 0.6 is 15.9 Å². The number of methoxy groups -OCH3 is 1. The number of halogens is 1. The Bertz CT molecular complexity index is 866. The third-order valence-corrected chi connectivity index (χ3v) is 3.85. The van der Waals surface area contributed by atoms with E-state index in [1.165, 1.54) is 0 Å². The number of ether oxygens (including phenoxy) is 2. The number of aromatic nitrogens is 2. The van der Waals surface area contributed by atoms with Crippen molar-refractivity contribution in [1.29, 1.82) is 0 Å². The van der Waals surface area contributed by atoms with Gasteiger partial charge in [-0.15, -0.1) is 0 Å². The molecule has 0 spiro atoms. The van der Waals surface area contributed by atoms with Crippen molar-refractivity contribution in [2.24, 2.45) is 0 Å². The van der Waals surface area contributed by atoms with Gasteiger partial charge in [0, 0.05) is 16.8 Å². The maximum Gasteiger partial charge on any atom is 0.213 e. The largest absolute Gasteiger partial charge is 0.490 e. The zero-order chi connectivity index (χ0) is 17.5. The summed E-state index contributed by atoms with van der Waals surface area (Å²) in [6.07, 6.45) is 5.70. The second-order valence-electron chi connectivity index (χ2n) is 5.20. The molecule has 25 heavy (non-hydrogen) atoms. The molecule has 0 aliphatic rings. The lowest BCUT2D eigenvalue weighted by atomic mass is 10.2. The van der Waals surface area contributed by atoms with Crippen LogP contribution in [0.5, 0.6) is 11.6 Å². The first-order valence-corrected chi connectivity index (χ1v) is 8.92. The molecule has 0 radical (unpaired) electrons. The molecule has 3 rings (SSSR count). The van der Waals surface area contributed by atoms with Crippen LogP contribution in [0.3, 0.4) is 0 Å². The average Bonchev–Trinajstić information content (AvgIpc) is 2.66. The van der Waals surface area contributed by atoms with Crippen LogP contribution in [-0.4, -0.2) is 29.0 Å². The molecule has 0 fully saturated rings. The third kappa shape index (κ3) is 4.70. The average molecular weight is 400 g/mol. The van der Waals surface area contributed by atoms with Crippen LogP contribution in [0.4, 0.5) is 11.5 Å². The van der Waals surface area contributed by atoms with Gasteiger partial charge >= 0.3 is 0 Å². The minimum atomic E-state index is 0.550. The molecule has 6 heteroatoms. The molecule has 0 atom stereocenters. The number of nitrogens with one attached hydrogen (secondary N) is 1. The fourth-order valence-corrected chi connectivity index (χ4v) is 2.53. The molecule has 0 aliphatic carbocycles. The second-order valence-corrected chi connectivity index (χ2v) is 5.85. The molecule has 0 aliphatic heterocycles. The Labute approximate surface area is 154 Å². The van der Waals surface area contributed by atoms with Gasteiger partial charge in [0.05, 0.1) is 24.5 Å². The first-order chi connectivity index (χ1) is 12.3. The van der Waals surface area contributed by atoms with Crippen LogP contribution in [0.2, 0.25) is 0 Å². The smallest absolute Gasteiger partial charge is 0.213 e. The Hall–Kier alpha value is -2.60. The molecular weight excluding hydrogens is 382 g/mol. The summed E-state index contributed by atoms with van der Waals surface area (Å²) in [6, 6.07) is 13.5. The highest BCUT2D eigenvalue weighted by molar-refractivity contribution is 9.09. The first kappa shape index (κ1) is 17.2. The minimum Gasteiger partial charge on any atom is -0.490 e. The molecule has 0 bridgehead atoms. The maximum absolute atomic E-state index is 5.69. The van der Waals surface area contributed by atoms with Crippen LogP contribution in [0.1, 0.15) is 0 Å².